The van der Waals surface area contributed by atoms with Crippen molar-refractivity contribution in [3.05, 3.63) is 0 Å². The second-order valence-electron chi connectivity index (χ2n) is 5.46. The summed E-state index contributed by atoms with van der Waals surface area (Å²) < 4.78 is 26.3. The maximum Gasteiger partial charge on any atom is 0.216 e. The van der Waals surface area contributed by atoms with Gasteiger partial charge in [-0.1, -0.05) is 12.8 Å². The Balaban J connectivity index is 2.14. The molecule has 0 N–H and O–H groups in total. The molecule has 0 radical (unpaired) electrons. The van der Waals surface area contributed by atoms with E-state index in [1.54, 1.807) is 13.8 Å². The van der Waals surface area contributed by atoms with Crippen molar-refractivity contribution in [1.29, 1.82) is 0 Å². The van der Waals surface area contributed by atoms with Gasteiger partial charge in [0.25, 0.3) is 0 Å². The summed E-state index contributed by atoms with van der Waals surface area (Å²) >= 11 is 0. The Morgan fingerprint density at radius 2 is 1.69 bits per heavy atom. The first kappa shape index (κ1) is 12.4. The summed E-state index contributed by atoms with van der Waals surface area (Å²) in [6.45, 7) is 4.33. The van der Waals surface area contributed by atoms with E-state index in [4.69, 9.17) is 0 Å². The standard InChI is InChI=1S/C12H23NO2S/c1-10(2)16(14,15)13-9-5-8-12(13)11-6-3-4-7-11/h10-12H,3-9H2,1-2H3. The van der Waals surface area contributed by atoms with Crippen molar-refractivity contribution < 1.29 is 8.42 Å². The molecule has 0 bridgehead atoms. The molecule has 2 fully saturated rings. The molecule has 2 aliphatic rings. The van der Waals surface area contributed by atoms with Crippen LogP contribution in [0.5, 0.6) is 0 Å². The zero-order valence-electron chi connectivity index (χ0n) is 10.4. The third-order valence-corrected chi connectivity index (χ3v) is 6.41. The topological polar surface area (TPSA) is 37.4 Å². The van der Waals surface area contributed by atoms with Crippen molar-refractivity contribution in [3.63, 3.8) is 0 Å². The first-order valence-electron chi connectivity index (χ1n) is 6.54. The average molecular weight is 245 g/mol. The Hall–Kier alpha value is -0.0900. The molecule has 2 rings (SSSR count). The van der Waals surface area contributed by atoms with Crippen molar-refractivity contribution in [3.8, 4) is 0 Å². The number of sulfonamides is 1. The predicted molar refractivity (Wildman–Crippen MR) is 65.7 cm³/mol. The largest absolute Gasteiger partial charge is 0.216 e. The molecule has 4 heteroatoms. The summed E-state index contributed by atoms with van der Waals surface area (Å²) in [5.41, 5.74) is 0. The molecule has 0 spiro atoms. The summed E-state index contributed by atoms with van der Waals surface area (Å²) in [4.78, 5) is 0. The average Bonchev–Trinajstić information content (AvgIpc) is 2.88. The summed E-state index contributed by atoms with van der Waals surface area (Å²) in [5, 5.41) is -0.269. The SMILES string of the molecule is CC(C)S(=O)(=O)N1CCCC1C1CCCC1. The number of nitrogens with zero attached hydrogens (tertiary/aromatic N) is 1. The first-order valence-corrected chi connectivity index (χ1v) is 8.04. The molecule has 1 saturated heterocycles. The molecule has 94 valence electrons. The Bertz CT molecular complexity index is 331. The van der Waals surface area contributed by atoms with Gasteiger partial charge in [0.15, 0.2) is 0 Å². The molecule has 0 aromatic carbocycles. The summed E-state index contributed by atoms with van der Waals surface area (Å²) in [6.07, 6.45) is 7.17. The molecule has 1 unspecified atom stereocenters. The van der Waals surface area contributed by atoms with E-state index < -0.39 is 10.0 Å². The normalized spacial score (nSPS) is 29.3. The van der Waals surface area contributed by atoms with Gasteiger partial charge in [-0.25, -0.2) is 8.42 Å². The molecule has 1 heterocycles. The Kier molecular flexibility index (Phi) is 3.59. The van der Waals surface area contributed by atoms with Crippen molar-refractivity contribution >= 4 is 10.0 Å². The Labute approximate surface area is 99.3 Å². The van der Waals surface area contributed by atoms with E-state index in [0.717, 1.165) is 19.4 Å². The molecule has 1 saturated carbocycles. The molecule has 0 aromatic rings. The van der Waals surface area contributed by atoms with E-state index in [0.29, 0.717) is 12.0 Å². The zero-order valence-corrected chi connectivity index (χ0v) is 11.2. The molecule has 1 aliphatic heterocycles. The zero-order chi connectivity index (χ0) is 11.8. The second kappa shape index (κ2) is 4.65. The molecule has 0 amide bonds. The quantitative estimate of drug-likeness (QED) is 0.765. The van der Waals surface area contributed by atoms with Crippen LogP contribution < -0.4 is 0 Å². The van der Waals surface area contributed by atoms with Gasteiger partial charge in [0.2, 0.25) is 10.0 Å². The lowest BCUT2D eigenvalue weighted by molar-refractivity contribution is 0.286. The van der Waals surface area contributed by atoms with Gasteiger partial charge in [-0.15, -0.1) is 0 Å². The third-order valence-electron chi connectivity index (χ3n) is 4.11. The maximum absolute atomic E-state index is 12.2. The number of hydrogen-bond donors (Lipinski definition) is 0. The lowest BCUT2D eigenvalue weighted by atomic mass is 9.97. The highest BCUT2D eigenvalue weighted by Gasteiger charge is 2.40. The minimum atomic E-state index is -3.03. The van der Waals surface area contributed by atoms with E-state index in [-0.39, 0.29) is 5.25 Å². The summed E-state index contributed by atoms with van der Waals surface area (Å²) in [5.74, 6) is 0.635. The molecular weight excluding hydrogens is 222 g/mol. The van der Waals surface area contributed by atoms with Crippen LogP contribution in [0.1, 0.15) is 52.4 Å². The van der Waals surface area contributed by atoms with Crippen molar-refractivity contribution in [1.82, 2.24) is 4.31 Å². The van der Waals surface area contributed by atoms with Gasteiger partial charge in [0.05, 0.1) is 5.25 Å². The van der Waals surface area contributed by atoms with Crippen LogP contribution in [0.15, 0.2) is 0 Å². The Morgan fingerprint density at radius 3 is 2.25 bits per heavy atom. The van der Waals surface area contributed by atoms with Gasteiger partial charge in [0.1, 0.15) is 0 Å². The molecule has 1 atom stereocenters. The van der Waals surface area contributed by atoms with Crippen LogP contribution in [0.2, 0.25) is 0 Å². The fourth-order valence-corrected chi connectivity index (χ4v) is 4.75. The fraction of sp³-hybridized carbons (Fsp3) is 1.00. The fourth-order valence-electron chi connectivity index (χ4n) is 3.17. The third kappa shape index (κ3) is 2.14. The lowest BCUT2D eigenvalue weighted by Gasteiger charge is -2.30. The van der Waals surface area contributed by atoms with Crippen LogP contribution in [0.3, 0.4) is 0 Å². The highest BCUT2D eigenvalue weighted by atomic mass is 32.2. The molecule has 3 nitrogen and oxygen atoms in total. The van der Waals surface area contributed by atoms with Crippen molar-refractivity contribution in [2.75, 3.05) is 6.54 Å². The molecule has 16 heavy (non-hydrogen) atoms. The minimum absolute atomic E-state index is 0.269. The van der Waals surface area contributed by atoms with E-state index in [1.165, 1.54) is 25.7 Å². The Morgan fingerprint density at radius 1 is 1.06 bits per heavy atom. The summed E-state index contributed by atoms with van der Waals surface area (Å²) in [6, 6.07) is 0.315. The van der Waals surface area contributed by atoms with E-state index in [2.05, 4.69) is 0 Å². The van der Waals surface area contributed by atoms with Gasteiger partial charge in [-0.2, -0.15) is 4.31 Å². The van der Waals surface area contributed by atoms with Crippen LogP contribution in [0.4, 0.5) is 0 Å². The van der Waals surface area contributed by atoms with Gasteiger partial charge in [0, 0.05) is 12.6 Å². The highest BCUT2D eigenvalue weighted by Crippen LogP contribution is 2.37. The lowest BCUT2D eigenvalue weighted by Crippen LogP contribution is -2.42. The highest BCUT2D eigenvalue weighted by molar-refractivity contribution is 7.89. The van der Waals surface area contributed by atoms with Crippen LogP contribution in [0.25, 0.3) is 0 Å². The van der Waals surface area contributed by atoms with Crippen LogP contribution in [0, 0.1) is 5.92 Å². The van der Waals surface area contributed by atoms with E-state index in [1.807, 2.05) is 4.31 Å². The molecule has 0 aromatic heterocycles. The minimum Gasteiger partial charge on any atom is -0.212 e. The number of hydrogen-bond acceptors (Lipinski definition) is 2. The van der Waals surface area contributed by atoms with Crippen molar-refractivity contribution in [2.45, 2.75) is 63.7 Å². The summed E-state index contributed by atoms with van der Waals surface area (Å²) in [7, 11) is -3.03. The van der Waals surface area contributed by atoms with Crippen LogP contribution >= 0.6 is 0 Å². The van der Waals surface area contributed by atoms with Crippen LogP contribution in [-0.2, 0) is 10.0 Å². The molecular formula is C12H23NO2S. The van der Waals surface area contributed by atoms with Crippen LogP contribution in [-0.4, -0.2) is 30.6 Å². The second-order valence-corrected chi connectivity index (χ2v) is 7.90. The molecule has 1 aliphatic carbocycles. The van der Waals surface area contributed by atoms with Gasteiger partial charge in [-0.3, -0.25) is 0 Å². The van der Waals surface area contributed by atoms with Crippen molar-refractivity contribution in [2.24, 2.45) is 5.92 Å². The van der Waals surface area contributed by atoms with E-state index >= 15 is 0 Å². The predicted octanol–water partition coefficient (Wildman–Crippen LogP) is 2.38. The maximum atomic E-state index is 12.2. The monoisotopic (exact) mass is 245 g/mol. The van der Waals surface area contributed by atoms with Gasteiger partial charge < -0.3 is 0 Å². The smallest absolute Gasteiger partial charge is 0.212 e. The first-order chi connectivity index (χ1) is 7.53. The van der Waals surface area contributed by atoms with E-state index in [9.17, 15) is 8.42 Å². The van der Waals surface area contributed by atoms with Gasteiger partial charge >= 0.3 is 0 Å². The van der Waals surface area contributed by atoms with Gasteiger partial charge in [-0.05, 0) is 45.4 Å². The number of rotatable bonds is 3.